The molecule has 0 unspecified atom stereocenters. The first-order valence-corrected chi connectivity index (χ1v) is 8.40. The van der Waals surface area contributed by atoms with Gasteiger partial charge in [0.1, 0.15) is 11.5 Å². The van der Waals surface area contributed by atoms with Crippen LogP contribution in [0.25, 0.3) is 0 Å². The minimum Gasteiger partial charge on any atom is -0.494 e. The van der Waals surface area contributed by atoms with Crippen LogP contribution in [0.1, 0.15) is 30.6 Å². The summed E-state index contributed by atoms with van der Waals surface area (Å²) in [6.45, 7) is 5.13. The van der Waals surface area contributed by atoms with Gasteiger partial charge in [-0.05, 0) is 55.8 Å². The van der Waals surface area contributed by atoms with Gasteiger partial charge in [0, 0.05) is 10.2 Å². The van der Waals surface area contributed by atoms with Crippen molar-refractivity contribution in [3.8, 4) is 11.5 Å². The van der Waals surface area contributed by atoms with Gasteiger partial charge < -0.3 is 14.8 Å². The molecule has 0 radical (unpaired) electrons. The van der Waals surface area contributed by atoms with Crippen LogP contribution in [0.5, 0.6) is 11.5 Å². The zero-order valence-corrected chi connectivity index (χ0v) is 14.9. The SMILES string of the molecule is CCCOc1ccc(NC(=O)c2cc(Br)ccc2OCC)cc1. The number of anilines is 1. The lowest BCUT2D eigenvalue weighted by Crippen LogP contribution is -2.13. The second-order valence-corrected chi connectivity index (χ2v) is 5.82. The fraction of sp³-hybridized carbons (Fsp3) is 0.278. The van der Waals surface area contributed by atoms with E-state index in [4.69, 9.17) is 9.47 Å². The zero-order chi connectivity index (χ0) is 16.7. The molecule has 0 atom stereocenters. The van der Waals surface area contributed by atoms with E-state index >= 15 is 0 Å². The average molecular weight is 378 g/mol. The molecule has 0 fully saturated rings. The minimum absolute atomic E-state index is 0.211. The number of benzene rings is 2. The number of ether oxygens (including phenoxy) is 2. The lowest BCUT2D eigenvalue weighted by Gasteiger charge is -2.11. The second kappa shape index (κ2) is 8.58. The number of halogens is 1. The van der Waals surface area contributed by atoms with Crippen molar-refractivity contribution in [1.29, 1.82) is 0 Å². The Kier molecular flexibility index (Phi) is 6.47. The van der Waals surface area contributed by atoms with Crippen LogP contribution >= 0.6 is 15.9 Å². The van der Waals surface area contributed by atoms with Gasteiger partial charge >= 0.3 is 0 Å². The van der Waals surface area contributed by atoms with E-state index in [1.807, 2.05) is 37.3 Å². The monoisotopic (exact) mass is 377 g/mol. The summed E-state index contributed by atoms with van der Waals surface area (Å²) in [4.78, 5) is 12.5. The summed E-state index contributed by atoms with van der Waals surface area (Å²) < 4.78 is 11.9. The van der Waals surface area contributed by atoms with E-state index in [1.54, 1.807) is 12.1 Å². The molecule has 4 nitrogen and oxygen atoms in total. The Morgan fingerprint density at radius 3 is 2.48 bits per heavy atom. The van der Waals surface area contributed by atoms with Crippen molar-refractivity contribution in [1.82, 2.24) is 0 Å². The highest BCUT2D eigenvalue weighted by molar-refractivity contribution is 9.10. The molecule has 0 aliphatic carbocycles. The Bertz CT molecular complexity index is 656. The summed E-state index contributed by atoms with van der Waals surface area (Å²) in [5.41, 5.74) is 1.20. The number of rotatable bonds is 7. The molecule has 0 aliphatic heterocycles. The lowest BCUT2D eigenvalue weighted by molar-refractivity contribution is 0.102. The molecule has 0 aromatic heterocycles. The van der Waals surface area contributed by atoms with Crippen LogP contribution in [0, 0.1) is 0 Å². The highest BCUT2D eigenvalue weighted by atomic mass is 79.9. The summed E-state index contributed by atoms with van der Waals surface area (Å²) in [6, 6.07) is 12.7. The van der Waals surface area contributed by atoms with Gasteiger partial charge in [-0.1, -0.05) is 22.9 Å². The summed E-state index contributed by atoms with van der Waals surface area (Å²) in [5.74, 6) is 1.15. The molecular formula is C18H20BrNO3. The normalized spacial score (nSPS) is 10.2. The molecule has 0 bridgehead atoms. The maximum Gasteiger partial charge on any atom is 0.259 e. The maximum absolute atomic E-state index is 12.5. The topological polar surface area (TPSA) is 47.6 Å². The van der Waals surface area contributed by atoms with Crippen molar-refractivity contribution in [2.45, 2.75) is 20.3 Å². The van der Waals surface area contributed by atoms with Crippen molar-refractivity contribution in [3.63, 3.8) is 0 Å². The van der Waals surface area contributed by atoms with Gasteiger partial charge in [0.05, 0.1) is 18.8 Å². The van der Waals surface area contributed by atoms with Crippen molar-refractivity contribution >= 4 is 27.5 Å². The smallest absolute Gasteiger partial charge is 0.259 e. The molecule has 1 amide bonds. The first kappa shape index (κ1) is 17.3. The zero-order valence-electron chi connectivity index (χ0n) is 13.3. The molecule has 23 heavy (non-hydrogen) atoms. The van der Waals surface area contributed by atoms with E-state index in [0.717, 1.165) is 16.6 Å². The van der Waals surface area contributed by atoms with Crippen molar-refractivity contribution in [3.05, 3.63) is 52.5 Å². The molecule has 2 aromatic carbocycles. The first-order valence-electron chi connectivity index (χ1n) is 7.60. The molecule has 0 saturated heterocycles. The van der Waals surface area contributed by atoms with Gasteiger partial charge in [0.2, 0.25) is 0 Å². The van der Waals surface area contributed by atoms with Crippen LogP contribution in [-0.4, -0.2) is 19.1 Å². The third-order valence-electron chi connectivity index (χ3n) is 3.07. The third kappa shape index (κ3) is 4.99. The molecule has 5 heteroatoms. The van der Waals surface area contributed by atoms with E-state index in [0.29, 0.717) is 30.2 Å². The third-order valence-corrected chi connectivity index (χ3v) is 3.56. The van der Waals surface area contributed by atoms with E-state index in [1.165, 1.54) is 0 Å². The van der Waals surface area contributed by atoms with Crippen LogP contribution < -0.4 is 14.8 Å². The quantitative estimate of drug-likeness (QED) is 0.746. The predicted molar refractivity (Wildman–Crippen MR) is 95.5 cm³/mol. The Morgan fingerprint density at radius 2 is 1.83 bits per heavy atom. The fourth-order valence-electron chi connectivity index (χ4n) is 2.01. The molecule has 0 spiro atoms. The number of nitrogens with one attached hydrogen (secondary N) is 1. The number of hydrogen-bond donors (Lipinski definition) is 1. The molecular weight excluding hydrogens is 358 g/mol. The van der Waals surface area contributed by atoms with Gasteiger partial charge in [0.25, 0.3) is 5.91 Å². The second-order valence-electron chi connectivity index (χ2n) is 4.90. The average Bonchev–Trinajstić information content (AvgIpc) is 2.56. The Labute approximate surface area is 144 Å². The maximum atomic E-state index is 12.5. The number of carbonyl (C=O) groups is 1. The number of carbonyl (C=O) groups excluding carboxylic acids is 1. The molecule has 122 valence electrons. The van der Waals surface area contributed by atoms with Gasteiger partial charge in [-0.3, -0.25) is 4.79 Å². The van der Waals surface area contributed by atoms with Crippen molar-refractivity contribution in [2.24, 2.45) is 0 Å². The van der Waals surface area contributed by atoms with Gasteiger partial charge in [-0.15, -0.1) is 0 Å². The van der Waals surface area contributed by atoms with Crippen LogP contribution in [-0.2, 0) is 0 Å². The van der Waals surface area contributed by atoms with Crippen LogP contribution in [0.2, 0.25) is 0 Å². The summed E-state index contributed by atoms with van der Waals surface area (Å²) in [7, 11) is 0. The van der Waals surface area contributed by atoms with Crippen LogP contribution in [0.3, 0.4) is 0 Å². The fourth-order valence-corrected chi connectivity index (χ4v) is 2.37. The Balaban J connectivity index is 2.11. The molecule has 0 aliphatic rings. The van der Waals surface area contributed by atoms with Gasteiger partial charge in [-0.25, -0.2) is 0 Å². The van der Waals surface area contributed by atoms with Gasteiger partial charge in [-0.2, -0.15) is 0 Å². The molecule has 0 heterocycles. The van der Waals surface area contributed by atoms with E-state index in [9.17, 15) is 4.79 Å². The van der Waals surface area contributed by atoms with Crippen LogP contribution in [0.4, 0.5) is 5.69 Å². The molecule has 2 rings (SSSR count). The largest absolute Gasteiger partial charge is 0.494 e. The highest BCUT2D eigenvalue weighted by Crippen LogP contribution is 2.25. The van der Waals surface area contributed by atoms with E-state index < -0.39 is 0 Å². The lowest BCUT2D eigenvalue weighted by atomic mass is 10.2. The summed E-state index contributed by atoms with van der Waals surface area (Å²) in [6.07, 6.45) is 0.960. The van der Waals surface area contributed by atoms with Crippen LogP contribution in [0.15, 0.2) is 46.9 Å². The summed E-state index contributed by atoms with van der Waals surface area (Å²) in [5, 5.41) is 2.87. The standard InChI is InChI=1S/C18H20BrNO3/c1-3-11-23-15-8-6-14(7-9-15)20-18(21)16-12-13(19)5-10-17(16)22-4-2/h5-10,12H,3-4,11H2,1-2H3,(H,20,21). The minimum atomic E-state index is -0.211. The predicted octanol–water partition coefficient (Wildman–Crippen LogP) is 4.89. The van der Waals surface area contributed by atoms with E-state index in [2.05, 4.69) is 28.2 Å². The molecule has 1 N–H and O–H groups in total. The van der Waals surface area contributed by atoms with Crippen molar-refractivity contribution < 1.29 is 14.3 Å². The van der Waals surface area contributed by atoms with Crippen molar-refractivity contribution in [2.75, 3.05) is 18.5 Å². The Morgan fingerprint density at radius 1 is 1.09 bits per heavy atom. The number of amides is 1. The number of hydrogen-bond acceptors (Lipinski definition) is 3. The first-order chi connectivity index (χ1) is 11.1. The Hall–Kier alpha value is -2.01. The highest BCUT2D eigenvalue weighted by Gasteiger charge is 2.13. The van der Waals surface area contributed by atoms with E-state index in [-0.39, 0.29) is 5.91 Å². The molecule has 2 aromatic rings. The summed E-state index contributed by atoms with van der Waals surface area (Å²) >= 11 is 3.38. The van der Waals surface area contributed by atoms with Gasteiger partial charge in [0.15, 0.2) is 0 Å². The molecule has 0 saturated carbocycles.